The Kier molecular flexibility index (Phi) is 7.44. The number of imide groups is 1. The van der Waals surface area contributed by atoms with Crippen LogP contribution in [0.3, 0.4) is 0 Å². The van der Waals surface area contributed by atoms with Crippen LogP contribution in [-0.4, -0.2) is 49.6 Å². The molecule has 2 N–H and O–H groups in total. The second kappa shape index (κ2) is 10.3. The molecule has 2 aromatic rings. The molecule has 0 bridgehead atoms. The van der Waals surface area contributed by atoms with Gasteiger partial charge in [0, 0.05) is 0 Å². The average Bonchev–Trinajstić information content (AvgIpc) is 3.02. The summed E-state index contributed by atoms with van der Waals surface area (Å²) in [4.78, 5) is 38.4. The highest BCUT2D eigenvalue weighted by molar-refractivity contribution is 6.32. The molecule has 1 fully saturated rings. The van der Waals surface area contributed by atoms with Crippen LogP contribution in [0.4, 0.5) is 10.5 Å². The maximum atomic E-state index is 12.8. The number of methoxy groups -OCH3 is 2. The first-order valence-corrected chi connectivity index (χ1v) is 10.4. The Bertz CT molecular complexity index is 1120. The van der Waals surface area contributed by atoms with Crippen LogP contribution in [0.15, 0.2) is 42.1 Å². The van der Waals surface area contributed by atoms with Crippen molar-refractivity contribution in [3.05, 3.63) is 52.7 Å². The number of carbonyl (C=O) groups is 3. The Morgan fingerprint density at radius 2 is 1.85 bits per heavy atom. The van der Waals surface area contributed by atoms with Gasteiger partial charge in [0.2, 0.25) is 5.91 Å². The normalized spacial score (nSPS) is 14.5. The van der Waals surface area contributed by atoms with Gasteiger partial charge in [0.05, 0.1) is 31.0 Å². The molecule has 1 saturated heterocycles. The van der Waals surface area contributed by atoms with Gasteiger partial charge in [0.1, 0.15) is 18.0 Å². The van der Waals surface area contributed by atoms with E-state index < -0.39 is 24.4 Å². The Labute approximate surface area is 196 Å². The molecule has 33 heavy (non-hydrogen) atoms. The molecule has 0 unspecified atom stereocenters. The number of para-hydroxylation sites is 2. The van der Waals surface area contributed by atoms with Gasteiger partial charge in [-0.15, -0.1) is 0 Å². The number of benzene rings is 2. The number of rotatable bonds is 8. The average molecular weight is 474 g/mol. The van der Waals surface area contributed by atoms with Crippen molar-refractivity contribution in [3.63, 3.8) is 0 Å². The number of carbonyl (C=O) groups excluding carboxylic acids is 3. The first-order valence-electron chi connectivity index (χ1n) is 10.0. The molecular formula is C23H24ClN3O6. The van der Waals surface area contributed by atoms with Gasteiger partial charge < -0.3 is 24.8 Å². The van der Waals surface area contributed by atoms with E-state index in [1.165, 1.54) is 20.3 Å². The van der Waals surface area contributed by atoms with E-state index in [9.17, 15) is 14.4 Å². The zero-order valence-corrected chi connectivity index (χ0v) is 19.4. The molecule has 4 amide bonds. The number of urea groups is 1. The summed E-state index contributed by atoms with van der Waals surface area (Å²) >= 11 is 6.33. The molecule has 10 heteroatoms. The van der Waals surface area contributed by atoms with Gasteiger partial charge in [-0.05, 0) is 49.8 Å². The lowest BCUT2D eigenvalue weighted by Crippen LogP contribution is -2.38. The predicted octanol–water partition coefficient (Wildman–Crippen LogP) is 3.68. The number of anilines is 1. The minimum Gasteiger partial charge on any atom is -0.495 e. The number of hydrogen-bond acceptors (Lipinski definition) is 6. The SMILES string of the molecule is COc1ccccc1NC(=O)CN1C(=O)N/C(=C/c2cc(Cl)c(OC(C)C)c(OC)c2)C1=O. The van der Waals surface area contributed by atoms with E-state index in [2.05, 4.69) is 10.6 Å². The number of ether oxygens (including phenoxy) is 3. The highest BCUT2D eigenvalue weighted by Gasteiger charge is 2.35. The quantitative estimate of drug-likeness (QED) is 0.447. The van der Waals surface area contributed by atoms with Crippen LogP contribution in [0.25, 0.3) is 6.08 Å². The zero-order valence-electron chi connectivity index (χ0n) is 18.6. The summed E-state index contributed by atoms with van der Waals surface area (Å²) in [6.07, 6.45) is 1.33. The zero-order chi connectivity index (χ0) is 24.1. The largest absolute Gasteiger partial charge is 0.495 e. The standard InChI is InChI=1S/C23H24ClN3O6/c1-13(2)33-21-15(24)9-14(11-19(21)32-4)10-17-22(29)27(23(30)26-17)12-20(28)25-16-7-5-6-8-18(16)31-3/h5-11,13H,12H2,1-4H3,(H,25,28)(H,26,30)/b17-10+. The van der Waals surface area contributed by atoms with E-state index in [0.717, 1.165) is 4.90 Å². The molecule has 174 valence electrons. The third-order valence-corrected chi connectivity index (χ3v) is 4.84. The molecule has 9 nitrogen and oxygen atoms in total. The molecule has 0 spiro atoms. The summed E-state index contributed by atoms with van der Waals surface area (Å²) in [6, 6.07) is 9.33. The van der Waals surface area contributed by atoms with Gasteiger partial charge in [-0.1, -0.05) is 23.7 Å². The number of nitrogens with zero attached hydrogens (tertiary/aromatic N) is 1. The van der Waals surface area contributed by atoms with Gasteiger partial charge in [0.15, 0.2) is 11.5 Å². The van der Waals surface area contributed by atoms with Crippen molar-refractivity contribution in [2.45, 2.75) is 20.0 Å². The number of amides is 4. The lowest BCUT2D eigenvalue weighted by atomic mass is 10.1. The van der Waals surface area contributed by atoms with Crippen LogP contribution in [0.2, 0.25) is 5.02 Å². The molecule has 0 aromatic heterocycles. The number of nitrogens with one attached hydrogen (secondary N) is 2. The highest BCUT2D eigenvalue weighted by Crippen LogP contribution is 2.37. The fourth-order valence-corrected chi connectivity index (χ4v) is 3.40. The summed E-state index contributed by atoms with van der Waals surface area (Å²) in [5.74, 6) is 0.0249. The van der Waals surface area contributed by atoms with Gasteiger partial charge in [-0.2, -0.15) is 0 Å². The van der Waals surface area contributed by atoms with E-state index >= 15 is 0 Å². The predicted molar refractivity (Wildman–Crippen MR) is 124 cm³/mol. The highest BCUT2D eigenvalue weighted by atomic mass is 35.5. The van der Waals surface area contributed by atoms with Crippen LogP contribution in [0, 0.1) is 0 Å². The van der Waals surface area contributed by atoms with Gasteiger partial charge in [-0.3, -0.25) is 9.59 Å². The molecule has 3 rings (SSSR count). The summed E-state index contributed by atoms with van der Waals surface area (Å²) in [6.45, 7) is 3.25. The molecule has 0 atom stereocenters. The molecule has 1 aliphatic heterocycles. The molecule has 0 radical (unpaired) electrons. The van der Waals surface area contributed by atoms with Crippen molar-refractivity contribution in [2.75, 3.05) is 26.1 Å². The van der Waals surface area contributed by atoms with Crippen molar-refractivity contribution >= 4 is 41.2 Å². The van der Waals surface area contributed by atoms with Crippen LogP contribution in [-0.2, 0) is 9.59 Å². The van der Waals surface area contributed by atoms with E-state index in [4.69, 9.17) is 25.8 Å². The number of halogens is 1. The summed E-state index contributed by atoms with van der Waals surface area (Å²) in [5, 5.41) is 5.40. The maximum absolute atomic E-state index is 12.8. The van der Waals surface area contributed by atoms with Crippen molar-refractivity contribution in [3.8, 4) is 17.2 Å². The van der Waals surface area contributed by atoms with Crippen LogP contribution in [0.1, 0.15) is 19.4 Å². The molecule has 1 aliphatic rings. The van der Waals surface area contributed by atoms with Gasteiger partial charge >= 0.3 is 6.03 Å². The van der Waals surface area contributed by atoms with E-state index in [-0.39, 0.29) is 11.8 Å². The van der Waals surface area contributed by atoms with E-state index in [0.29, 0.717) is 33.5 Å². The summed E-state index contributed by atoms with van der Waals surface area (Å²) in [7, 11) is 2.95. The lowest BCUT2D eigenvalue weighted by molar-refractivity contribution is -0.127. The van der Waals surface area contributed by atoms with E-state index in [1.54, 1.807) is 36.4 Å². The number of hydrogen-bond donors (Lipinski definition) is 2. The molecule has 2 aromatic carbocycles. The topological polar surface area (TPSA) is 106 Å². The fourth-order valence-electron chi connectivity index (χ4n) is 3.14. The van der Waals surface area contributed by atoms with E-state index in [1.807, 2.05) is 13.8 Å². The maximum Gasteiger partial charge on any atom is 0.329 e. The monoisotopic (exact) mass is 473 g/mol. The second-order valence-corrected chi connectivity index (χ2v) is 7.74. The second-order valence-electron chi connectivity index (χ2n) is 7.33. The third-order valence-electron chi connectivity index (χ3n) is 4.56. The van der Waals surface area contributed by atoms with Crippen LogP contribution in [0.5, 0.6) is 17.2 Å². The van der Waals surface area contributed by atoms with Gasteiger partial charge in [-0.25, -0.2) is 9.69 Å². The first kappa shape index (κ1) is 23.9. The Hall–Kier alpha value is -3.72. The van der Waals surface area contributed by atoms with Crippen molar-refractivity contribution in [1.29, 1.82) is 0 Å². The fraction of sp³-hybridized carbons (Fsp3) is 0.261. The molecule has 1 heterocycles. The minimum absolute atomic E-state index is 0.000685. The van der Waals surface area contributed by atoms with Crippen LogP contribution < -0.4 is 24.8 Å². The summed E-state index contributed by atoms with van der Waals surface area (Å²) in [5.41, 5.74) is 0.941. The minimum atomic E-state index is -0.709. The first-order chi connectivity index (χ1) is 15.7. The van der Waals surface area contributed by atoms with Crippen molar-refractivity contribution < 1.29 is 28.6 Å². The Balaban J connectivity index is 1.77. The third kappa shape index (κ3) is 5.56. The van der Waals surface area contributed by atoms with Crippen LogP contribution >= 0.6 is 11.6 Å². The Morgan fingerprint density at radius 3 is 2.52 bits per heavy atom. The smallest absolute Gasteiger partial charge is 0.329 e. The lowest BCUT2D eigenvalue weighted by Gasteiger charge is -2.15. The molecule has 0 aliphatic carbocycles. The molecular weight excluding hydrogens is 450 g/mol. The summed E-state index contributed by atoms with van der Waals surface area (Å²) < 4.78 is 16.2. The van der Waals surface area contributed by atoms with Crippen molar-refractivity contribution in [1.82, 2.24) is 10.2 Å². The molecule has 0 saturated carbocycles. The van der Waals surface area contributed by atoms with Gasteiger partial charge in [0.25, 0.3) is 5.91 Å². The Morgan fingerprint density at radius 1 is 1.15 bits per heavy atom. The van der Waals surface area contributed by atoms with Crippen molar-refractivity contribution in [2.24, 2.45) is 0 Å².